The third-order valence-electron chi connectivity index (χ3n) is 4.72. The molecule has 0 atom stereocenters. The number of carbonyl (C=O) groups excluding carboxylic acids is 4. The van der Waals surface area contributed by atoms with E-state index in [0.29, 0.717) is 17.9 Å². The van der Waals surface area contributed by atoms with E-state index in [1.807, 2.05) is 0 Å². The Morgan fingerprint density at radius 3 is 1.89 bits per heavy atom. The van der Waals surface area contributed by atoms with Gasteiger partial charge in [-0.2, -0.15) is 0 Å². The monoisotopic (exact) mass is 387 g/mol. The highest BCUT2D eigenvalue weighted by molar-refractivity contribution is 6.04. The minimum absolute atomic E-state index is 0.0524. The van der Waals surface area contributed by atoms with Gasteiger partial charge >= 0.3 is 6.03 Å². The maximum Gasteiger partial charge on any atom is 0.325 e. The van der Waals surface area contributed by atoms with Crippen molar-refractivity contribution >= 4 is 35.1 Å². The Labute approximate surface area is 163 Å². The highest BCUT2D eigenvalue weighted by atomic mass is 16.2. The lowest BCUT2D eigenvalue weighted by molar-refractivity contribution is -0.119. The Kier molecular flexibility index (Phi) is 6.59. The summed E-state index contributed by atoms with van der Waals surface area (Å²) in [5, 5.41) is 7.65. The SMILES string of the molecule is O=C1CN(CC(=O)Nc2ccc(NC(=O)CN3CCCCCC3)cc2)C(=O)N1. The second-order valence-corrected chi connectivity index (χ2v) is 7.07. The quantitative estimate of drug-likeness (QED) is 0.631. The first-order valence-corrected chi connectivity index (χ1v) is 9.50. The minimum Gasteiger partial charge on any atom is -0.325 e. The molecule has 5 amide bonds. The zero-order valence-electron chi connectivity index (χ0n) is 15.7. The van der Waals surface area contributed by atoms with E-state index < -0.39 is 17.8 Å². The summed E-state index contributed by atoms with van der Waals surface area (Å²) in [5.41, 5.74) is 1.20. The number of benzene rings is 1. The van der Waals surface area contributed by atoms with Gasteiger partial charge in [0.25, 0.3) is 0 Å². The number of amides is 5. The normalized spacial score (nSPS) is 17.8. The number of nitrogens with zero attached hydrogens (tertiary/aromatic N) is 2. The largest absolute Gasteiger partial charge is 0.325 e. The van der Waals surface area contributed by atoms with Crippen LogP contribution < -0.4 is 16.0 Å². The van der Waals surface area contributed by atoms with Crippen LogP contribution in [0.5, 0.6) is 0 Å². The van der Waals surface area contributed by atoms with Gasteiger partial charge in [0.2, 0.25) is 17.7 Å². The molecule has 2 heterocycles. The fourth-order valence-corrected chi connectivity index (χ4v) is 3.32. The highest BCUT2D eigenvalue weighted by Gasteiger charge is 2.28. The fourth-order valence-electron chi connectivity index (χ4n) is 3.32. The van der Waals surface area contributed by atoms with E-state index in [4.69, 9.17) is 0 Å². The topological polar surface area (TPSA) is 111 Å². The number of nitrogens with one attached hydrogen (secondary N) is 3. The Hall–Kier alpha value is -2.94. The molecule has 2 fully saturated rings. The van der Waals surface area contributed by atoms with E-state index in [-0.39, 0.29) is 19.0 Å². The molecular weight excluding hydrogens is 362 g/mol. The zero-order valence-corrected chi connectivity index (χ0v) is 15.7. The van der Waals surface area contributed by atoms with Crippen molar-refractivity contribution in [2.45, 2.75) is 25.7 Å². The van der Waals surface area contributed by atoms with Gasteiger partial charge in [-0.05, 0) is 50.2 Å². The van der Waals surface area contributed by atoms with Crippen LogP contribution in [-0.2, 0) is 14.4 Å². The van der Waals surface area contributed by atoms with Crippen molar-refractivity contribution in [1.82, 2.24) is 15.1 Å². The molecule has 0 saturated carbocycles. The molecule has 28 heavy (non-hydrogen) atoms. The molecule has 9 heteroatoms. The third-order valence-corrected chi connectivity index (χ3v) is 4.72. The standard InChI is InChI=1S/C19H25N5O4/c25-16(11-23-9-3-1-2-4-10-23)20-14-5-7-15(8-6-14)21-17(26)12-24-13-18(27)22-19(24)28/h5-8H,1-4,9-13H2,(H,20,25)(H,21,26)(H,22,27,28). The van der Waals surface area contributed by atoms with Crippen LogP contribution in [0.1, 0.15) is 25.7 Å². The summed E-state index contributed by atoms with van der Waals surface area (Å²) in [4.78, 5) is 50.1. The lowest BCUT2D eigenvalue weighted by Crippen LogP contribution is -2.35. The van der Waals surface area contributed by atoms with Gasteiger partial charge in [0.1, 0.15) is 13.1 Å². The number of likely N-dealkylation sites (tertiary alicyclic amines) is 1. The summed E-state index contributed by atoms with van der Waals surface area (Å²) in [6.07, 6.45) is 4.72. The molecule has 0 aromatic heterocycles. The molecule has 0 spiro atoms. The second-order valence-electron chi connectivity index (χ2n) is 7.07. The summed E-state index contributed by atoms with van der Waals surface area (Å²) in [5.74, 6) is -0.871. The predicted molar refractivity (Wildman–Crippen MR) is 104 cm³/mol. The van der Waals surface area contributed by atoms with Crippen LogP contribution in [0, 0.1) is 0 Å². The Morgan fingerprint density at radius 2 is 1.39 bits per heavy atom. The average molecular weight is 387 g/mol. The van der Waals surface area contributed by atoms with E-state index in [1.54, 1.807) is 24.3 Å². The van der Waals surface area contributed by atoms with E-state index in [1.165, 1.54) is 12.8 Å². The minimum atomic E-state index is -0.567. The van der Waals surface area contributed by atoms with Gasteiger partial charge in [-0.1, -0.05) is 12.8 Å². The van der Waals surface area contributed by atoms with E-state index >= 15 is 0 Å². The maximum atomic E-state index is 12.2. The Balaban J connectivity index is 1.45. The van der Waals surface area contributed by atoms with Gasteiger partial charge < -0.3 is 15.5 Å². The number of hydrogen-bond acceptors (Lipinski definition) is 5. The molecule has 1 aromatic carbocycles. The van der Waals surface area contributed by atoms with Crippen molar-refractivity contribution < 1.29 is 19.2 Å². The van der Waals surface area contributed by atoms with Gasteiger partial charge in [0.15, 0.2) is 0 Å². The van der Waals surface area contributed by atoms with Crippen molar-refractivity contribution in [1.29, 1.82) is 0 Å². The van der Waals surface area contributed by atoms with Gasteiger partial charge in [-0.3, -0.25) is 24.6 Å². The molecule has 0 bridgehead atoms. The molecule has 2 saturated heterocycles. The first-order chi connectivity index (χ1) is 13.5. The predicted octanol–water partition coefficient (Wildman–Crippen LogP) is 0.991. The summed E-state index contributed by atoms with van der Waals surface area (Å²) in [6.45, 7) is 1.98. The van der Waals surface area contributed by atoms with Crippen LogP contribution >= 0.6 is 0 Å². The van der Waals surface area contributed by atoms with Crippen molar-refractivity contribution in [2.24, 2.45) is 0 Å². The van der Waals surface area contributed by atoms with Crippen molar-refractivity contribution in [3.05, 3.63) is 24.3 Å². The lowest BCUT2D eigenvalue weighted by atomic mass is 10.2. The van der Waals surface area contributed by atoms with Crippen LogP contribution in [0.25, 0.3) is 0 Å². The lowest BCUT2D eigenvalue weighted by Gasteiger charge is -2.19. The molecule has 9 nitrogen and oxygen atoms in total. The van der Waals surface area contributed by atoms with Crippen molar-refractivity contribution in [2.75, 3.05) is 43.4 Å². The number of imide groups is 1. The van der Waals surface area contributed by atoms with Crippen LogP contribution in [0.2, 0.25) is 0 Å². The van der Waals surface area contributed by atoms with E-state index in [2.05, 4.69) is 20.9 Å². The summed E-state index contributed by atoms with van der Waals surface area (Å²) in [6, 6.07) is 6.20. The molecule has 1 aromatic rings. The number of hydrogen-bond donors (Lipinski definition) is 3. The van der Waals surface area contributed by atoms with Crippen LogP contribution in [0.15, 0.2) is 24.3 Å². The highest BCUT2D eigenvalue weighted by Crippen LogP contribution is 2.14. The van der Waals surface area contributed by atoms with Crippen molar-refractivity contribution in [3.63, 3.8) is 0 Å². The molecule has 3 rings (SSSR count). The van der Waals surface area contributed by atoms with Gasteiger partial charge in [-0.25, -0.2) is 4.79 Å². The molecule has 150 valence electrons. The molecule has 2 aliphatic rings. The Morgan fingerprint density at radius 1 is 0.857 bits per heavy atom. The summed E-state index contributed by atoms with van der Waals surface area (Å²) >= 11 is 0. The second kappa shape index (κ2) is 9.32. The third kappa shape index (κ3) is 5.78. The van der Waals surface area contributed by atoms with Gasteiger partial charge in [-0.15, -0.1) is 0 Å². The van der Waals surface area contributed by atoms with Crippen LogP contribution in [-0.4, -0.2) is 66.3 Å². The summed E-state index contributed by atoms with van der Waals surface area (Å²) in [7, 11) is 0. The van der Waals surface area contributed by atoms with Gasteiger partial charge in [0, 0.05) is 11.4 Å². The molecule has 2 aliphatic heterocycles. The molecule has 3 N–H and O–H groups in total. The van der Waals surface area contributed by atoms with Crippen LogP contribution in [0.4, 0.5) is 16.2 Å². The first kappa shape index (κ1) is 19.8. The molecule has 0 unspecified atom stereocenters. The van der Waals surface area contributed by atoms with Crippen LogP contribution in [0.3, 0.4) is 0 Å². The van der Waals surface area contributed by atoms with Gasteiger partial charge in [0.05, 0.1) is 6.54 Å². The molecule has 0 aliphatic carbocycles. The Bertz CT molecular complexity index is 741. The summed E-state index contributed by atoms with van der Waals surface area (Å²) < 4.78 is 0. The molecule has 0 radical (unpaired) electrons. The number of anilines is 2. The average Bonchev–Trinajstić information content (AvgIpc) is 2.83. The first-order valence-electron chi connectivity index (χ1n) is 9.50. The van der Waals surface area contributed by atoms with Crippen molar-refractivity contribution in [3.8, 4) is 0 Å². The van der Waals surface area contributed by atoms with E-state index in [0.717, 1.165) is 30.8 Å². The number of carbonyl (C=O) groups is 4. The number of urea groups is 1. The smallest absolute Gasteiger partial charge is 0.325 e. The zero-order chi connectivity index (χ0) is 19.9. The fraction of sp³-hybridized carbons (Fsp3) is 0.474. The molecular formula is C19H25N5O4. The number of rotatable bonds is 6. The maximum absolute atomic E-state index is 12.2. The van der Waals surface area contributed by atoms with E-state index in [9.17, 15) is 19.2 Å².